The Labute approximate surface area is 114 Å². The van der Waals surface area contributed by atoms with Crippen molar-refractivity contribution in [1.29, 1.82) is 0 Å². The van der Waals surface area contributed by atoms with Gasteiger partial charge in [-0.3, -0.25) is 4.79 Å². The molecule has 0 aliphatic rings. The fourth-order valence-electron chi connectivity index (χ4n) is 1.85. The minimum atomic E-state index is -0.0336. The SMILES string of the molecule is Cc1cc(C(=O)c2ccc(Br)cc2)cc(C)c1O. The van der Waals surface area contributed by atoms with Crippen molar-refractivity contribution in [2.24, 2.45) is 0 Å². The van der Waals surface area contributed by atoms with Crippen LogP contribution in [-0.2, 0) is 0 Å². The van der Waals surface area contributed by atoms with Crippen LogP contribution in [0.25, 0.3) is 0 Å². The summed E-state index contributed by atoms with van der Waals surface area (Å²) >= 11 is 3.34. The van der Waals surface area contributed by atoms with Crippen molar-refractivity contribution in [1.82, 2.24) is 0 Å². The summed E-state index contributed by atoms with van der Waals surface area (Å²) in [6.07, 6.45) is 0. The van der Waals surface area contributed by atoms with Gasteiger partial charge in [0.05, 0.1) is 0 Å². The van der Waals surface area contributed by atoms with Crippen molar-refractivity contribution >= 4 is 21.7 Å². The Kier molecular flexibility index (Phi) is 3.53. The molecule has 0 atom stereocenters. The van der Waals surface area contributed by atoms with Crippen LogP contribution in [0.4, 0.5) is 0 Å². The highest BCUT2D eigenvalue weighted by molar-refractivity contribution is 9.10. The molecule has 0 spiro atoms. The van der Waals surface area contributed by atoms with E-state index in [1.807, 2.05) is 12.1 Å². The molecule has 0 aromatic heterocycles. The van der Waals surface area contributed by atoms with Gasteiger partial charge in [-0.2, -0.15) is 0 Å². The highest BCUT2D eigenvalue weighted by atomic mass is 79.9. The quantitative estimate of drug-likeness (QED) is 0.851. The molecule has 2 aromatic rings. The zero-order valence-corrected chi connectivity index (χ0v) is 11.8. The van der Waals surface area contributed by atoms with Gasteiger partial charge in [0.15, 0.2) is 5.78 Å². The maximum Gasteiger partial charge on any atom is 0.193 e. The van der Waals surface area contributed by atoms with Gasteiger partial charge in [-0.05, 0) is 61.4 Å². The van der Waals surface area contributed by atoms with Crippen LogP contribution in [0.1, 0.15) is 27.0 Å². The van der Waals surface area contributed by atoms with Crippen LogP contribution in [0.3, 0.4) is 0 Å². The molecular weight excluding hydrogens is 292 g/mol. The molecule has 0 amide bonds. The normalized spacial score (nSPS) is 10.4. The van der Waals surface area contributed by atoms with Gasteiger partial charge in [0.2, 0.25) is 0 Å². The summed E-state index contributed by atoms with van der Waals surface area (Å²) in [5.74, 6) is 0.219. The number of halogens is 1. The Morgan fingerprint density at radius 1 is 1.00 bits per heavy atom. The number of carbonyl (C=O) groups excluding carboxylic acids is 1. The van der Waals surface area contributed by atoms with Crippen molar-refractivity contribution in [3.63, 3.8) is 0 Å². The monoisotopic (exact) mass is 304 g/mol. The van der Waals surface area contributed by atoms with Crippen LogP contribution in [0.2, 0.25) is 0 Å². The molecule has 0 saturated heterocycles. The van der Waals surface area contributed by atoms with Gasteiger partial charge >= 0.3 is 0 Å². The second-order valence-electron chi connectivity index (χ2n) is 4.29. The Morgan fingerprint density at radius 2 is 1.50 bits per heavy atom. The van der Waals surface area contributed by atoms with Crippen molar-refractivity contribution in [2.45, 2.75) is 13.8 Å². The number of carbonyl (C=O) groups is 1. The molecular formula is C15H13BrO2. The highest BCUT2D eigenvalue weighted by Gasteiger charge is 2.12. The zero-order valence-electron chi connectivity index (χ0n) is 10.2. The zero-order chi connectivity index (χ0) is 13.3. The number of phenols is 1. The summed E-state index contributed by atoms with van der Waals surface area (Å²) < 4.78 is 0.942. The lowest BCUT2D eigenvalue weighted by atomic mass is 9.99. The topological polar surface area (TPSA) is 37.3 Å². The standard InChI is InChI=1S/C15H13BrO2/c1-9-7-12(8-10(2)14(9)17)15(18)11-3-5-13(16)6-4-11/h3-8,17H,1-2H3. The first-order valence-electron chi connectivity index (χ1n) is 5.59. The number of ketones is 1. The molecule has 0 aliphatic heterocycles. The van der Waals surface area contributed by atoms with Crippen molar-refractivity contribution < 1.29 is 9.90 Å². The number of aromatic hydroxyl groups is 1. The fourth-order valence-corrected chi connectivity index (χ4v) is 2.12. The van der Waals surface area contributed by atoms with Crippen molar-refractivity contribution in [3.8, 4) is 5.75 Å². The van der Waals surface area contributed by atoms with Crippen LogP contribution in [0, 0.1) is 13.8 Å². The molecule has 0 radical (unpaired) electrons. The van der Waals surface area contributed by atoms with Crippen molar-refractivity contribution in [3.05, 3.63) is 63.1 Å². The van der Waals surface area contributed by atoms with Crippen LogP contribution >= 0.6 is 15.9 Å². The Morgan fingerprint density at radius 3 is 2.00 bits per heavy atom. The second-order valence-corrected chi connectivity index (χ2v) is 5.21. The molecule has 0 heterocycles. The molecule has 0 saturated carbocycles. The van der Waals surface area contributed by atoms with E-state index in [2.05, 4.69) is 15.9 Å². The van der Waals surface area contributed by atoms with E-state index in [1.165, 1.54) is 0 Å². The smallest absolute Gasteiger partial charge is 0.193 e. The predicted molar refractivity (Wildman–Crippen MR) is 75.2 cm³/mol. The third-order valence-electron chi connectivity index (χ3n) is 2.86. The number of rotatable bonds is 2. The second kappa shape index (κ2) is 4.94. The summed E-state index contributed by atoms with van der Waals surface area (Å²) in [7, 11) is 0. The Balaban J connectivity index is 2.43. The first-order valence-corrected chi connectivity index (χ1v) is 6.39. The van der Waals surface area contributed by atoms with Crippen LogP contribution in [-0.4, -0.2) is 10.9 Å². The van der Waals surface area contributed by atoms with Crippen LogP contribution in [0.15, 0.2) is 40.9 Å². The molecule has 2 nitrogen and oxygen atoms in total. The van der Waals surface area contributed by atoms with E-state index < -0.39 is 0 Å². The average Bonchev–Trinajstić information content (AvgIpc) is 2.35. The van der Waals surface area contributed by atoms with E-state index >= 15 is 0 Å². The lowest BCUT2D eigenvalue weighted by molar-refractivity contribution is 0.103. The van der Waals surface area contributed by atoms with E-state index in [1.54, 1.807) is 38.1 Å². The molecule has 2 aromatic carbocycles. The molecule has 2 rings (SSSR count). The summed E-state index contributed by atoms with van der Waals surface area (Å²) in [4.78, 5) is 12.3. The Bertz CT molecular complexity index is 577. The van der Waals surface area contributed by atoms with E-state index in [9.17, 15) is 9.90 Å². The summed E-state index contributed by atoms with van der Waals surface area (Å²) in [6.45, 7) is 3.58. The molecule has 0 unspecified atom stereocenters. The number of benzene rings is 2. The van der Waals surface area contributed by atoms with Gasteiger partial charge in [-0.1, -0.05) is 15.9 Å². The predicted octanol–water partition coefficient (Wildman–Crippen LogP) is 4.00. The fraction of sp³-hybridized carbons (Fsp3) is 0.133. The lowest BCUT2D eigenvalue weighted by Crippen LogP contribution is -2.02. The van der Waals surface area contributed by atoms with Gasteiger partial charge in [0.25, 0.3) is 0 Å². The Hall–Kier alpha value is -1.61. The van der Waals surface area contributed by atoms with E-state index in [0.717, 1.165) is 15.6 Å². The van der Waals surface area contributed by atoms with Gasteiger partial charge in [-0.15, -0.1) is 0 Å². The summed E-state index contributed by atoms with van der Waals surface area (Å²) in [6, 6.07) is 10.7. The summed E-state index contributed by atoms with van der Waals surface area (Å²) in [5.41, 5.74) is 2.68. The van der Waals surface area contributed by atoms with Gasteiger partial charge in [0, 0.05) is 15.6 Å². The molecule has 92 valence electrons. The molecule has 0 bridgehead atoms. The van der Waals surface area contributed by atoms with Crippen LogP contribution < -0.4 is 0 Å². The lowest BCUT2D eigenvalue weighted by Gasteiger charge is -2.07. The number of hydrogen-bond acceptors (Lipinski definition) is 2. The van der Waals surface area contributed by atoms with Crippen molar-refractivity contribution in [2.75, 3.05) is 0 Å². The number of hydrogen-bond donors (Lipinski definition) is 1. The minimum Gasteiger partial charge on any atom is -0.507 e. The van der Waals surface area contributed by atoms with Gasteiger partial charge in [-0.25, -0.2) is 0 Å². The number of aryl methyl sites for hydroxylation is 2. The molecule has 0 aliphatic carbocycles. The number of phenolic OH excluding ortho intramolecular Hbond substituents is 1. The first-order chi connectivity index (χ1) is 8.49. The minimum absolute atomic E-state index is 0.0336. The first kappa shape index (κ1) is 12.8. The van der Waals surface area contributed by atoms with Gasteiger partial charge < -0.3 is 5.11 Å². The molecule has 18 heavy (non-hydrogen) atoms. The summed E-state index contributed by atoms with van der Waals surface area (Å²) in [5, 5.41) is 9.70. The van der Waals surface area contributed by atoms with E-state index in [4.69, 9.17) is 0 Å². The maximum absolute atomic E-state index is 12.3. The molecule has 1 N–H and O–H groups in total. The molecule has 3 heteroatoms. The van der Waals surface area contributed by atoms with E-state index in [-0.39, 0.29) is 11.5 Å². The third-order valence-corrected chi connectivity index (χ3v) is 3.39. The third kappa shape index (κ3) is 2.46. The molecule has 0 fully saturated rings. The highest BCUT2D eigenvalue weighted by Crippen LogP contribution is 2.24. The largest absolute Gasteiger partial charge is 0.507 e. The van der Waals surface area contributed by atoms with Gasteiger partial charge in [0.1, 0.15) is 5.75 Å². The average molecular weight is 305 g/mol. The van der Waals surface area contributed by atoms with E-state index in [0.29, 0.717) is 11.1 Å². The van der Waals surface area contributed by atoms with Crippen LogP contribution in [0.5, 0.6) is 5.75 Å². The maximum atomic E-state index is 12.3.